The lowest BCUT2D eigenvalue weighted by molar-refractivity contribution is 1.17. The minimum Gasteiger partial charge on any atom is -0.364 e. The van der Waals surface area contributed by atoms with Gasteiger partial charge in [0.2, 0.25) is 0 Å². The molecule has 2 nitrogen and oxygen atoms in total. The van der Waals surface area contributed by atoms with Crippen molar-refractivity contribution in [2.75, 3.05) is 0 Å². The molecular weight excluding hydrogens is 162 g/mol. The fourth-order valence-electron chi connectivity index (χ4n) is 1.06. The zero-order valence-electron chi connectivity index (χ0n) is 7.92. The summed E-state index contributed by atoms with van der Waals surface area (Å²) >= 11 is 0. The number of hydrogen-bond acceptors (Lipinski definition) is 1. The van der Waals surface area contributed by atoms with E-state index in [1.54, 1.807) is 12.3 Å². The van der Waals surface area contributed by atoms with Crippen molar-refractivity contribution in [2.24, 2.45) is 0 Å². The van der Waals surface area contributed by atoms with Gasteiger partial charge in [-0.3, -0.25) is 4.79 Å². The number of hydrogen-bond donors (Lipinski definition) is 1. The molecule has 1 aromatic heterocycles. The van der Waals surface area contributed by atoms with Gasteiger partial charge in [0.05, 0.1) is 0 Å². The van der Waals surface area contributed by atoms with Crippen LogP contribution in [0.3, 0.4) is 0 Å². The quantitative estimate of drug-likeness (QED) is 0.687. The zero-order valence-corrected chi connectivity index (χ0v) is 7.92. The highest BCUT2D eigenvalue weighted by Crippen LogP contribution is 2.05. The van der Waals surface area contributed by atoms with E-state index >= 15 is 0 Å². The van der Waals surface area contributed by atoms with Crippen LogP contribution in [0.4, 0.5) is 0 Å². The Morgan fingerprint density at radius 3 is 2.85 bits per heavy atom. The Bertz CT molecular complexity index is 399. The van der Waals surface area contributed by atoms with Crippen LogP contribution in [-0.4, -0.2) is 4.98 Å². The number of aromatic amines is 1. The fraction of sp³-hybridized carbons (Fsp3) is 0.182. The molecule has 0 bridgehead atoms. The second kappa shape index (κ2) is 3.90. The second-order valence-electron chi connectivity index (χ2n) is 2.97. The monoisotopic (exact) mass is 175 g/mol. The lowest BCUT2D eigenvalue weighted by Gasteiger charge is -1.99. The number of pyridine rings is 1. The molecule has 1 N–H and O–H groups in total. The van der Waals surface area contributed by atoms with E-state index in [9.17, 15) is 4.79 Å². The van der Waals surface area contributed by atoms with Crippen LogP contribution in [0.5, 0.6) is 0 Å². The van der Waals surface area contributed by atoms with E-state index < -0.39 is 0 Å². The fourth-order valence-corrected chi connectivity index (χ4v) is 1.06. The predicted molar refractivity (Wildman–Crippen MR) is 55.6 cm³/mol. The summed E-state index contributed by atoms with van der Waals surface area (Å²) in [5.74, 6) is 0. The van der Waals surface area contributed by atoms with Crippen LogP contribution in [0.1, 0.15) is 18.2 Å². The Morgan fingerprint density at radius 1 is 1.62 bits per heavy atom. The van der Waals surface area contributed by atoms with Crippen molar-refractivity contribution in [2.45, 2.75) is 13.8 Å². The Morgan fingerprint density at radius 2 is 2.31 bits per heavy atom. The summed E-state index contributed by atoms with van der Waals surface area (Å²) in [6.45, 7) is 7.43. The summed E-state index contributed by atoms with van der Waals surface area (Å²) in [6.07, 6.45) is 5.21. The Hall–Kier alpha value is -1.57. The van der Waals surface area contributed by atoms with Crippen LogP contribution in [0, 0.1) is 6.92 Å². The van der Waals surface area contributed by atoms with Gasteiger partial charge in [-0.2, -0.15) is 0 Å². The number of H-pyrrole nitrogens is 1. The molecule has 68 valence electrons. The minimum atomic E-state index is 0.0393. The predicted octanol–water partition coefficient (Wildman–Crippen LogP) is 2.27. The summed E-state index contributed by atoms with van der Waals surface area (Å²) in [5, 5.41) is 0. The standard InChI is InChI=1S/C11H13NO/c1-4-8(2)7-10-9(3)12-6-5-11(10)13/h4-7H,1H2,2-3H3,(H,12,13)/b8-7+. The van der Waals surface area contributed by atoms with Crippen molar-refractivity contribution in [1.29, 1.82) is 0 Å². The largest absolute Gasteiger partial charge is 0.364 e. The highest BCUT2D eigenvalue weighted by molar-refractivity contribution is 5.56. The molecule has 0 saturated heterocycles. The third-order valence-electron chi connectivity index (χ3n) is 1.90. The molecular formula is C11H13NO. The van der Waals surface area contributed by atoms with Crippen LogP contribution < -0.4 is 5.43 Å². The summed E-state index contributed by atoms with van der Waals surface area (Å²) < 4.78 is 0. The first-order chi connectivity index (χ1) is 6.15. The van der Waals surface area contributed by atoms with Crippen molar-refractivity contribution >= 4 is 6.08 Å². The van der Waals surface area contributed by atoms with E-state index in [1.807, 2.05) is 19.9 Å². The SMILES string of the molecule is C=C/C(C)=C/c1c(C)[nH]ccc1=O. The van der Waals surface area contributed by atoms with Gasteiger partial charge in [-0.15, -0.1) is 0 Å². The molecule has 0 radical (unpaired) electrons. The summed E-state index contributed by atoms with van der Waals surface area (Å²) in [5.41, 5.74) is 2.62. The van der Waals surface area contributed by atoms with Gasteiger partial charge in [-0.1, -0.05) is 18.2 Å². The molecule has 0 fully saturated rings. The summed E-state index contributed by atoms with van der Waals surface area (Å²) in [4.78, 5) is 14.4. The molecule has 1 heterocycles. The van der Waals surface area contributed by atoms with E-state index in [2.05, 4.69) is 11.6 Å². The molecule has 0 saturated carbocycles. The number of rotatable bonds is 2. The van der Waals surface area contributed by atoms with Crippen molar-refractivity contribution in [1.82, 2.24) is 4.98 Å². The molecule has 0 spiro atoms. The molecule has 0 aliphatic carbocycles. The van der Waals surface area contributed by atoms with E-state index in [0.717, 1.165) is 11.3 Å². The average molecular weight is 175 g/mol. The van der Waals surface area contributed by atoms with Crippen molar-refractivity contribution in [3.63, 3.8) is 0 Å². The van der Waals surface area contributed by atoms with E-state index in [0.29, 0.717) is 5.56 Å². The third kappa shape index (κ3) is 2.18. The first kappa shape index (κ1) is 9.52. The van der Waals surface area contributed by atoms with Gasteiger partial charge in [0, 0.05) is 23.5 Å². The number of nitrogens with one attached hydrogen (secondary N) is 1. The van der Waals surface area contributed by atoms with E-state index in [-0.39, 0.29) is 5.43 Å². The number of aryl methyl sites for hydroxylation is 1. The molecule has 0 aliphatic heterocycles. The zero-order chi connectivity index (χ0) is 9.84. The van der Waals surface area contributed by atoms with Gasteiger partial charge in [0.25, 0.3) is 0 Å². The first-order valence-corrected chi connectivity index (χ1v) is 4.14. The molecule has 0 aliphatic rings. The van der Waals surface area contributed by atoms with Crippen LogP contribution >= 0.6 is 0 Å². The smallest absolute Gasteiger partial charge is 0.189 e. The minimum absolute atomic E-state index is 0.0393. The van der Waals surface area contributed by atoms with Gasteiger partial charge >= 0.3 is 0 Å². The van der Waals surface area contributed by atoms with Gasteiger partial charge in [-0.25, -0.2) is 0 Å². The molecule has 13 heavy (non-hydrogen) atoms. The van der Waals surface area contributed by atoms with Gasteiger partial charge in [0.1, 0.15) is 0 Å². The van der Waals surface area contributed by atoms with Gasteiger partial charge < -0.3 is 4.98 Å². The molecule has 0 atom stereocenters. The molecule has 1 aromatic rings. The van der Waals surface area contributed by atoms with Crippen LogP contribution in [0.15, 0.2) is 35.3 Å². The van der Waals surface area contributed by atoms with Crippen LogP contribution in [0.25, 0.3) is 6.08 Å². The second-order valence-corrected chi connectivity index (χ2v) is 2.97. The topological polar surface area (TPSA) is 32.9 Å². The Balaban J connectivity index is 3.29. The molecule has 0 amide bonds. The van der Waals surface area contributed by atoms with E-state index in [1.165, 1.54) is 6.07 Å². The van der Waals surface area contributed by atoms with Crippen LogP contribution in [0.2, 0.25) is 0 Å². The lowest BCUT2D eigenvalue weighted by Crippen LogP contribution is -2.06. The highest BCUT2D eigenvalue weighted by atomic mass is 16.1. The van der Waals surface area contributed by atoms with Crippen LogP contribution in [-0.2, 0) is 0 Å². The normalized spacial score (nSPS) is 11.4. The molecule has 0 unspecified atom stereocenters. The molecule has 1 rings (SSSR count). The van der Waals surface area contributed by atoms with Crippen molar-refractivity contribution < 1.29 is 0 Å². The Kier molecular flexibility index (Phi) is 2.85. The lowest BCUT2D eigenvalue weighted by atomic mass is 10.1. The maximum Gasteiger partial charge on any atom is 0.189 e. The number of allylic oxidation sites excluding steroid dienone is 2. The summed E-state index contributed by atoms with van der Waals surface area (Å²) in [6, 6.07) is 1.52. The average Bonchev–Trinajstić information content (AvgIpc) is 2.11. The summed E-state index contributed by atoms with van der Waals surface area (Å²) in [7, 11) is 0. The highest BCUT2D eigenvalue weighted by Gasteiger charge is 1.98. The molecule has 0 aromatic carbocycles. The van der Waals surface area contributed by atoms with Crippen molar-refractivity contribution in [3.05, 3.63) is 52.0 Å². The van der Waals surface area contributed by atoms with Gasteiger partial charge in [-0.05, 0) is 19.9 Å². The number of aromatic nitrogens is 1. The van der Waals surface area contributed by atoms with E-state index in [4.69, 9.17) is 0 Å². The molecule has 2 heteroatoms. The Labute approximate surface area is 77.6 Å². The first-order valence-electron chi connectivity index (χ1n) is 4.14. The maximum atomic E-state index is 11.4. The maximum absolute atomic E-state index is 11.4. The van der Waals surface area contributed by atoms with Gasteiger partial charge in [0.15, 0.2) is 5.43 Å². The third-order valence-corrected chi connectivity index (χ3v) is 1.90. The van der Waals surface area contributed by atoms with Crippen molar-refractivity contribution in [3.8, 4) is 0 Å².